The average Bonchev–Trinajstić information content (AvgIpc) is 3.40. The van der Waals surface area contributed by atoms with Crippen molar-refractivity contribution < 1.29 is 20.4 Å². The summed E-state index contributed by atoms with van der Waals surface area (Å²) in [5.41, 5.74) is 3.14. The van der Waals surface area contributed by atoms with E-state index in [0.29, 0.717) is 50.0 Å². The SMILES string of the molecule is CC1CCCCCCCN(CCCn2cc(-c3c(O)c(O)cc4ncccc34)c(-c3c(O)c(O)cc4ncccc34)c2)C1. The lowest BCUT2D eigenvalue weighted by Crippen LogP contribution is -2.31. The minimum Gasteiger partial charge on any atom is -0.504 e. The van der Waals surface area contributed by atoms with Gasteiger partial charge in [-0.2, -0.15) is 0 Å². The fourth-order valence-electron chi connectivity index (χ4n) is 6.64. The molecule has 8 nitrogen and oxygen atoms in total. The number of hydrogen-bond donors (Lipinski definition) is 4. The van der Waals surface area contributed by atoms with Crippen LogP contribution in [-0.4, -0.2) is 59.5 Å². The van der Waals surface area contributed by atoms with Gasteiger partial charge in [0.05, 0.1) is 11.0 Å². The molecule has 0 amide bonds. The zero-order valence-electron chi connectivity index (χ0n) is 24.7. The Hall–Kier alpha value is -4.30. The van der Waals surface area contributed by atoms with Crippen LogP contribution >= 0.6 is 0 Å². The van der Waals surface area contributed by atoms with Crippen molar-refractivity contribution in [2.75, 3.05) is 19.6 Å². The molecular formula is C35H40N4O4. The van der Waals surface area contributed by atoms with Crippen LogP contribution in [0.25, 0.3) is 44.1 Å². The molecule has 1 aliphatic rings. The van der Waals surface area contributed by atoms with Crippen LogP contribution in [-0.2, 0) is 6.54 Å². The van der Waals surface area contributed by atoms with Gasteiger partial charge >= 0.3 is 0 Å². The number of aryl methyl sites for hydroxylation is 1. The second kappa shape index (κ2) is 12.5. The van der Waals surface area contributed by atoms with Gasteiger partial charge in [-0.3, -0.25) is 9.97 Å². The van der Waals surface area contributed by atoms with Crippen molar-refractivity contribution in [3.63, 3.8) is 0 Å². The first-order valence-electron chi connectivity index (χ1n) is 15.4. The summed E-state index contributed by atoms with van der Waals surface area (Å²) >= 11 is 0. The van der Waals surface area contributed by atoms with Crippen molar-refractivity contribution in [2.24, 2.45) is 5.92 Å². The summed E-state index contributed by atoms with van der Waals surface area (Å²) in [6.07, 6.45) is 15.9. The predicted molar refractivity (Wildman–Crippen MR) is 170 cm³/mol. The summed E-state index contributed by atoms with van der Waals surface area (Å²) in [6.45, 7) is 6.32. The van der Waals surface area contributed by atoms with Gasteiger partial charge in [-0.05, 0) is 50.4 Å². The fraction of sp³-hybridized carbons (Fsp3) is 0.371. The monoisotopic (exact) mass is 580 g/mol. The number of aromatic hydroxyl groups is 4. The number of phenols is 4. The molecule has 1 saturated heterocycles. The van der Waals surface area contributed by atoms with Gasteiger partial charge in [0.25, 0.3) is 0 Å². The molecule has 0 radical (unpaired) electrons. The molecule has 5 aromatic rings. The minimum absolute atomic E-state index is 0.261. The molecule has 43 heavy (non-hydrogen) atoms. The van der Waals surface area contributed by atoms with Crippen LogP contribution in [0.2, 0.25) is 0 Å². The number of pyridine rings is 2. The lowest BCUT2D eigenvalue weighted by Gasteiger charge is -2.27. The van der Waals surface area contributed by atoms with Crippen LogP contribution in [0.1, 0.15) is 51.9 Å². The largest absolute Gasteiger partial charge is 0.504 e. The zero-order valence-corrected chi connectivity index (χ0v) is 24.7. The van der Waals surface area contributed by atoms with Gasteiger partial charge in [-0.15, -0.1) is 0 Å². The zero-order chi connectivity index (χ0) is 29.9. The quantitative estimate of drug-likeness (QED) is 0.155. The molecule has 3 aromatic heterocycles. The Morgan fingerprint density at radius 2 is 1.30 bits per heavy atom. The molecule has 1 fully saturated rings. The number of benzene rings is 2. The van der Waals surface area contributed by atoms with Crippen LogP contribution < -0.4 is 0 Å². The maximum absolute atomic E-state index is 11.2. The van der Waals surface area contributed by atoms with Crippen LogP contribution in [0, 0.1) is 5.92 Å². The smallest absolute Gasteiger partial charge is 0.166 e. The number of phenolic OH excluding ortho intramolecular Hbond substituents is 4. The van der Waals surface area contributed by atoms with E-state index in [1.165, 1.54) is 50.7 Å². The lowest BCUT2D eigenvalue weighted by atomic mass is 9.92. The predicted octanol–water partition coefficient (Wildman–Crippen LogP) is 7.42. The van der Waals surface area contributed by atoms with Gasteiger partial charge in [-0.1, -0.05) is 44.7 Å². The van der Waals surface area contributed by atoms with Gasteiger partial charge in [-0.25, -0.2) is 0 Å². The number of fused-ring (bicyclic) bond motifs is 2. The molecule has 0 spiro atoms. The Bertz CT molecular complexity index is 1640. The van der Waals surface area contributed by atoms with Crippen molar-refractivity contribution >= 4 is 21.8 Å². The summed E-state index contributed by atoms with van der Waals surface area (Å²) < 4.78 is 2.08. The number of nitrogens with zero attached hydrogens (tertiary/aromatic N) is 4. The van der Waals surface area contributed by atoms with E-state index in [-0.39, 0.29) is 23.0 Å². The molecule has 1 aliphatic heterocycles. The van der Waals surface area contributed by atoms with E-state index in [1.54, 1.807) is 24.5 Å². The molecule has 1 atom stereocenters. The molecule has 224 valence electrons. The maximum Gasteiger partial charge on any atom is 0.166 e. The van der Waals surface area contributed by atoms with E-state index in [0.717, 1.165) is 32.6 Å². The third-order valence-corrected chi connectivity index (χ3v) is 8.77. The van der Waals surface area contributed by atoms with E-state index in [9.17, 15) is 20.4 Å². The van der Waals surface area contributed by atoms with Crippen LogP contribution in [0.5, 0.6) is 23.0 Å². The lowest BCUT2D eigenvalue weighted by molar-refractivity contribution is 0.214. The summed E-state index contributed by atoms with van der Waals surface area (Å²) in [6, 6.07) is 10.2. The Morgan fingerprint density at radius 3 is 1.91 bits per heavy atom. The number of rotatable bonds is 6. The summed E-state index contributed by atoms with van der Waals surface area (Å²) in [7, 11) is 0. The van der Waals surface area contributed by atoms with Crippen LogP contribution in [0.3, 0.4) is 0 Å². The Morgan fingerprint density at radius 1 is 0.744 bits per heavy atom. The summed E-state index contributed by atoms with van der Waals surface area (Å²) in [5, 5.41) is 45.1. The fourth-order valence-corrected chi connectivity index (χ4v) is 6.64. The highest BCUT2D eigenvalue weighted by molar-refractivity contribution is 6.08. The molecule has 2 aromatic carbocycles. The second-order valence-corrected chi connectivity index (χ2v) is 12.0. The Balaban J connectivity index is 1.42. The Kier molecular flexibility index (Phi) is 8.38. The number of aromatic nitrogens is 3. The topological polar surface area (TPSA) is 115 Å². The highest BCUT2D eigenvalue weighted by atomic mass is 16.3. The standard InChI is InChI=1S/C35H40N4O4/c1-23-10-5-3-2-4-6-15-38(20-23)16-9-17-39-21-26(32-24-11-7-13-36-28(24)18-30(40)34(32)42)27(22-39)33-25-12-8-14-37-29(25)19-31(41)35(33)43/h7-8,11-14,18-19,21-23,40-43H,2-6,9-10,15-17,20H2,1H3. The van der Waals surface area contributed by atoms with Crippen molar-refractivity contribution in [1.82, 2.24) is 19.4 Å². The molecule has 4 N–H and O–H groups in total. The first kappa shape index (κ1) is 28.8. The van der Waals surface area contributed by atoms with Crippen molar-refractivity contribution in [3.05, 3.63) is 61.2 Å². The Labute approximate surface area is 251 Å². The van der Waals surface area contributed by atoms with E-state index >= 15 is 0 Å². The van der Waals surface area contributed by atoms with Gasteiger partial charge in [0.1, 0.15) is 0 Å². The van der Waals surface area contributed by atoms with E-state index in [2.05, 4.69) is 26.4 Å². The highest BCUT2D eigenvalue weighted by Gasteiger charge is 2.24. The third-order valence-electron chi connectivity index (χ3n) is 8.77. The summed E-state index contributed by atoms with van der Waals surface area (Å²) in [5.74, 6) is -0.380. The first-order valence-corrected chi connectivity index (χ1v) is 15.4. The molecule has 6 rings (SSSR count). The first-order chi connectivity index (χ1) is 20.9. The van der Waals surface area contributed by atoms with Crippen LogP contribution in [0.4, 0.5) is 0 Å². The highest BCUT2D eigenvalue weighted by Crippen LogP contribution is 2.50. The van der Waals surface area contributed by atoms with Crippen LogP contribution in [0.15, 0.2) is 61.2 Å². The average molecular weight is 581 g/mol. The molecule has 0 aliphatic carbocycles. The molecule has 0 bridgehead atoms. The van der Waals surface area contributed by atoms with Gasteiger partial charge in [0.2, 0.25) is 0 Å². The molecular weight excluding hydrogens is 540 g/mol. The second-order valence-electron chi connectivity index (χ2n) is 12.0. The van der Waals surface area contributed by atoms with E-state index < -0.39 is 0 Å². The van der Waals surface area contributed by atoms with Crippen molar-refractivity contribution in [2.45, 2.75) is 58.4 Å². The molecule has 0 saturated carbocycles. The normalized spacial score (nSPS) is 17.0. The van der Waals surface area contributed by atoms with Gasteiger partial charge < -0.3 is 29.9 Å². The van der Waals surface area contributed by atoms with E-state index in [1.807, 2.05) is 24.5 Å². The molecule has 8 heteroatoms. The minimum atomic E-state index is -0.274. The van der Waals surface area contributed by atoms with Gasteiger partial charge in [0.15, 0.2) is 23.0 Å². The summed E-state index contributed by atoms with van der Waals surface area (Å²) in [4.78, 5) is 11.4. The molecule has 4 heterocycles. The van der Waals surface area contributed by atoms with Gasteiger partial charge in [0, 0.05) is 83.0 Å². The third kappa shape index (κ3) is 5.97. The van der Waals surface area contributed by atoms with Crippen molar-refractivity contribution in [3.8, 4) is 45.3 Å². The molecule has 1 unspecified atom stereocenters. The van der Waals surface area contributed by atoms with E-state index in [4.69, 9.17) is 0 Å². The maximum atomic E-state index is 11.2. The van der Waals surface area contributed by atoms with Crippen molar-refractivity contribution in [1.29, 1.82) is 0 Å². The number of hydrogen-bond acceptors (Lipinski definition) is 7.